The third-order valence-corrected chi connectivity index (χ3v) is 5.17. The zero-order valence-corrected chi connectivity index (χ0v) is 15.3. The van der Waals surface area contributed by atoms with Crippen LogP contribution in [-0.4, -0.2) is 47.2 Å². The van der Waals surface area contributed by atoms with Crippen LogP contribution in [0.3, 0.4) is 0 Å². The van der Waals surface area contributed by atoms with E-state index in [4.69, 9.17) is 4.74 Å². The van der Waals surface area contributed by atoms with Gasteiger partial charge in [0.1, 0.15) is 12.1 Å². The molecule has 0 radical (unpaired) electrons. The summed E-state index contributed by atoms with van der Waals surface area (Å²) in [6.07, 6.45) is 4.97. The summed E-state index contributed by atoms with van der Waals surface area (Å²) in [7, 11) is 1.64. The first-order valence-electron chi connectivity index (χ1n) is 9.11. The molecule has 3 aromatic rings. The molecule has 0 unspecified atom stereocenters. The van der Waals surface area contributed by atoms with Crippen molar-refractivity contribution in [2.45, 2.75) is 12.8 Å². The van der Waals surface area contributed by atoms with Gasteiger partial charge in [0.2, 0.25) is 5.91 Å². The Morgan fingerprint density at radius 3 is 2.78 bits per heavy atom. The summed E-state index contributed by atoms with van der Waals surface area (Å²) in [4.78, 5) is 21.8. The maximum absolute atomic E-state index is 12.9. The van der Waals surface area contributed by atoms with Crippen LogP contribution in [0.5, 0.6) is 0 Å². The van der Waals surface area contributed by atoms with Crippen molar-refractivity contribution in [2.75, 3.05) is 32.1 Å². The first-order chi connectivity index (χ1) is 13.2. The van der Waals surface area contributed by atoms with Crippen LogP contribution < -0.4 is 10.6 Å². The maximum Gasteiger partial charge on any atom is 0.233 e. The molecule has 0 saturated carbocycles. The number of carbonyl (C=O) groups is 1. The predicted octanol–water partition coefficient (Wildman–Crippen LogP) is 2.38. The monoisotopic (exact) mass is 365 g/mol. The zero-order chi connectivity index (χ0) is 18.7. The van der Waals surface area contributed by atoms with Gasteiger partial charge in [-0.1, -0.05) is 12.1 Å². The topological polar surface area (TPSA) is 81.1 Å². The Bertz CT molecular complexity index is 923. The Morgan fingerprint density at radius 1 is 1.22 bits per heavy atom. The molecule has 1 saturated heterocycles. The number of amides is 1. The highest BCUT2D eigenvalue weighted by Gasteiger charge is 2.39. The molecule has 1 aromatic carbocycles. The van der Waals surface area contributed by atoms with E-state index in [0.29, 0.717) is 12.3 Å². The number of benzene rings is 1. The van der Waals surface area contributed by atoms with Crippen molar-refractivity contribution in [2.24, 2.45) is 5.41 Å². The second-order valence-electron chi connectivity index (χ2n) is 6.93. The van der Waals surface area contributed by atoms with Crippen LogP contribution in [0.4, 0.5) is 5.69 Å². The van der Waals surface area contributed by atoms with E-state index in [-0.39, 0.29) is 5.91 Å². The lowest BCUT2D eigenvalue weighted by Crippen LogP contribution is -2.47. The number of fused-ring (bicyclic) bond motifs is 1. The lowest BCUT2D eigenvalue weighted by molar-refractivity contribution is -0.130. The molecule has 140 valence electrons. The summed E-state index contributed by atoms with van der Waals surface area (Å²) < 4.78 is 7.27. The van der Waals surface area contributed by atoms with Gasteiger partial charge in [0.05, 0.1) is 34.9 Å². The van der Waals surface area contributed by atoms with Gasteiger partial charge in [-0.3, -0.25) is 9.36 Å². The van der Waals surface area contributed by atoms with E-state index in [2.05, 4.69) is 20.6 Å². The van der Waals surface area contributed by atoms with Crippen molar-refractivity contribution in [3.05, 3.63) is 48.9 Å². The molecule has 0 spiro atoms. The number of hydrogen-bond acceptors (Lipinski definition) is 5. The molecule has 3 heterocycles. The number of anilines is 1. The molecule has 1 aliphatic heterocycles. The predicted molar refractivity (Wildman–Crippen MR) is 104 cm³/mol. The summed E-state index contributed by atoms with van der Waals surface area (Å²) in [6.45, 7) is 2.07. The lowest BCUT2D eigenvalue weighted by atomic mass is 9.78. The average molecular weight is 365 g/mol. The summed E-state index contributed by atoms with van der Waals surface area (Å²) >= 11 is 0. The SMILES string of the molecule is COCC1(C(=O)Nc2ccc(-n3cnc4ccccc43)nc2)CCNCC1. The number of nitrogens with one attached hydrogen (secondary N) is 2. The number of aromatic nitrogens is 3. The number of piperidine rings is 1. The second kappa shape index (κ2) is 7.46. The molecule has 0 atom stereocenters. The second-order valence-corrected chi connectivity index (χ2v) is 6.93. The van der Waals surface area contributed by atoms with Crippen molar-refractivity contribution in [1.29, 1.82) is 0 Å². The molecule has 1 fully saturated rings. The minimum absolute atomic E-state index is 0.00604. The molecule has 0 aliphatic carbocycles. The summed E-state index contributed by atoms with van der Waals surface area (Å²) in [5, 5.41) is 6.31. The van der Waals surface area contributed by atoms with Crippen LogP contribution in [0.15, 0.2) is 48.9 Å². The standard InChI is InChI=1S/C20H23N5O2/c1-27-13-20(8-10-21-11-9-20)19(26)24-15-6-7-18(22-12-15)25-14-23-16-4-2-3-5-17(16)25/h2-7,12,14,21H,8-11,13H2,1H3,(H,24,26). The molecule has 27 heavy (non-hydrogen) atoms. The van der Waals surface area contributed by atoms with Gasteiger partial charge in [-0.05, 0) is 50.2 Å². The summed E-state index contributed by atoms with van der Waals surface area (Å²) in [5.74, 6) is 0.753. The number of para-hydroxylation sites is 2. The quantitative estimate of drug-likeness (QED) is 0.726. The van der Waals surface area contributed by atoms with Gasteiger partial charge in [0.25, 0.3) is 0 Å². The number of imidazole rings is 1. The molecule has 7 heteroatoms. The van der Waals surface area contributed by atoms with E-state index < -0.39 is 5.41 Å². The minimum Gasteiger partial charge on any atom is -0.384 e. The number of carbonyl (C=O) groups excluding carboxylic acids is 1. The number of methoxy groups -OCH3 is 1. The Morgan fingerprint density at radius 2 is 2.04 bits per heavy atom. The fourth-order valence-corrected chi connectivity index (χ4v) is 3.63. The molecule has 2 N–H and O–H groups in total. The van der Waals surface area contributed by atoms with Gasteiger partial charge >= 0.3 is 0 Å². The number of rotatable bonds is 5. The highest BCUT2D eigenvalue weighted by atomic mass is 16.5. The van der Waals surface area contributed by atoms with E-state index in [1.165, 1.54) is 0 Å². The Balaban J connectivity index is 1.53. The molecule has 1 aliphatic rings. The third kappa shape index (κ3) is 3.43. The molecule has 0 bridgehead atoms. The van der Waals surface area contributed by atoms with E-state index in [0.717, 1.165) is 42.8 Å². The van der Waals surface area contributed by atoms with Crippen LogP contribution >= 0.6 is 0 Å². The highest BCUT2D eigenvalue weighted by Crippen LogP contribution is 2.31. The van der Waals surface area contributed by atoms with Gasteiger partial charge in [-0.15, -0.1) is 0 Å². The van der Waals surface area contributed by atoms with Crippen LogP contribution in [0, 0.1) is 5.41 Å². The average Bonchev–Trinajstić information content (AvgIpc) is 3.14. The first kappa shape index (κ1) is 17.6. The molecule has 1 amide bonds. The van der Waals surface area contributed by atoms with Crippen molar-refractivity contribution in [3.63, 3.8) is 0 Å². The summed E-state index contributed by atoms with van der Waals surface area (Å²) in [6, 6.07) is 11.7. The largest absolute Gasteiger partial charge is 0.384 e. The number of ether oxygens (including phenoxy) is 1. The van der Waals surface area contributed by atoms with Crippen LogP contribution in [0.25, 0.3) is 16.9 Å². The number of pyridine rings is 1. The normalized spacial score (nSPS) is 16.3. The van der Waals surface area contributed by atoms with Crippen molar-refractivity contribution in [1.82, 2.24) is 19.9 Å². The Kier molecular flexibility index (Phi) is 4.87. The van der Waals surface area contributed by atoms with Crippen molar-refractivity contribution < 1.29 is 9.53 Å². The van der Waals surface area contributed by atoms with Crippen LogP contribution in [0.1, 0.15) is 12.8 Å². The smallest absolute Gasteiger partial charge is 0.233 e. The number of nitrogens with zero attached hydrogens (tertiary/aromatic N) is 3. The molecule has 7 nitrogen and oxygen atoms in total. The zero-order valence-electron chi connectivity index (χ0n) is 15.3. The van der Waals surface area contributed by atoms with Gasteiger partial charge < -0.3 is 15.4 Å². The van der Waals surface area contributed by atoms with Gasteiger partial charge in [-0.25, -0.2) is 9.97 Å². The summed E-state index contributed by atoms with van der Waals surface area (Å²) in [5.41, 5.74) is 2.11. The Labute approximate surface area is 157 Å². The molecule has 2 aromatic heterocycles. The van der Waals surface area contributed by atoms with Gasteiger partial charge in [0, 0.05) is 7.11 Å². The maximum atomic E-state index is 12.9. The minimum atomic E-state index is -0.487. The van der Waals surface area contributed by atoms with Gasteiger partial charge in [0.15, 0.2) is 0 Å². The highest BCUT2D eigenvalue weighted by molar-refractivity contribution is 5.95. The fraction of sp³-hybridized carbons (Fsp3) is 0.350. The van der Waals surface area contributed by atoms with E-state index in [1.54, 1.807) is 19.6 Å². The fourth-order valence-electron chi connectivity index (χ4n) is 3.63. The van der Waals surface area contributed by atoms with E-state index in [9.17, 15) is 4.79 Å². The van der Waals surface area contributed by atoms with Crippen LogP contribution in [-0.2, 0) is 9.53 Å². The van der Waals surface area contributed by atoms with Crippen LogP contribution in [0.2, 0.25) is 0 Å². The van der Waals surface area contributed by atoms with Gasteiger partial charge in [-0.2, -0.15) is 0 Å². The van der Waals surface area contributed by atoms with Crippen molar-refractivity contribution >= 4 is 22.6 Å². The molecular formula is C20H23N5O2. The van der Waals surface area contributed by atoms with E-state index >= 15 is 0 Å². The third-order valence-electron chi connectivity index (χ3n) is 5.17. The van der Waals surface area contributed by atoms with Crippen molar-refractivity contribution in [3.8, 4) is 5.82 Å². The first-order valence-corrected chi connectivity index (χ1v) is 9.11. The molecule has 4 rings (SSSR count). The Hall–Kier alpha value is -2.77. The molecular weight excluding hydrogens is 342 g/mol. The number of hydrogen-bond donors (Lipinski definition) is 2. The van der Waals surface area contributed by atoms with E-state index in [1.807, 2.05) is 41.0 Å². The lowest BCUT2D eigenvalue weighted by Gasteiger charge is -2.35.